The standard InChI is InChI=1S/C29H42N4O3S/c1-6-36-23-15-33(16-23)22-11-9-21(10-12-22)31(5)29-20(4)26-25(37-29)8-7-13-32(28(26)35)17-24-18(2)14-19(3)30-27(24)34/h14,21-23H,6-13,15-17H2,1-5H3,(H,30,34)/t21-,22-. The maximum Gasteiger partial charge on any atom is 0.255 e. The Morgan fingerprint density at radius 2 is 1.86 bits per heavy atom. The molecule has 1 amide bonds. The molecule has 202 valence electrons. The number of pyridine rings is 1. The highest BCUT2D eigenvalue weighted by Crippen LogP contribution is 2.41. The Hall–Kier alpha value is -2.16. The number of aromatic amines is 1. The number of fused-ring (bicyclic) bond motifs is 1. The number of carbonyl (C=O) groups is 1. The third kappa shape index (κ3) is 5.25. The molecule has 1 saturated carbocycles. The highest BCUT2D eigenvalue weighted by molar-refractivity contribution is 7.16. The number of hydrogen-bond donors (Lipinski definition) is 1. The highest BCUT2D eigenvalue weighted by Gasteiger charge is 2.37. The number of thiophene rings is 1. The van der Waals surface area contributed by atoms with Crippen LogP contribution in [0.25, 0.3) is 0 Å². The Balaban J connectivity index is 1.27. The van der Waals surface area contributed by atoms with Gasteiger partial charge in [0.1, 0.15) is 0 Å². The molecule has 4 heterocycles. The molecule has 1 aliphatic carbocycles. The largest absolute Gasteiger partial charge is 0.376 e. The number of H-pyrrole nitrogens is 1. The molecule has 2 aromatic heterocycles. The number of aromatic nitrogens is 1. The van der Waals surface area contributed by atoms with Gasteiger partial charge in [-0.05, 0) is 83.4 Å². The maximum atomic E-state index is 13.8. The Bertz CT molecular complexity index is 1190. The summed E-state index contributed by atoms with van der Waals surface area (Å²) in [5.74, 6) is 0.0746. The van der Waals surface area contributed by atoms with E-state index in [4.69, 9.17) is 4.74 Å². The lowest BCUT2D eigenvalue weighted by molar-refractivity contribution is -0.0738. The molecular weight excluding hydrogens is 484 g/mol. The van der Waals surface area contributed by atoms with E-state index in [0.29, 0.717) is 36.8 Å². The van der Waals surface area contributed by atoms with Crippen LogP contribution in [0.2, 0.25) is 0 Å². The number of amides is 1. The highest BCUT2D eigenvalue weighted by atomic mass is 32.1. The summed E-state index contributed by atoms with van der Waals surface area (Å²) < 4.78 is 5.75. The number of carbonyl (C=O) groups excluding carboxylic acids is 1. The van der Waals surface area contributed by atoms with E-state index in [1.165, 1.54) is 35.6 Å². The average Bonchev–Trinajstić information content (AvgIpc) is 3.08. The lowest BCUT2D eigenvalue weighted by Gasteiger charge is -2.47. The molecular formula is C29H42N4O3S. The third-order valence-electron chi connectivity index (χ3n) is 8.70. The molecule has 2 aromatic rings. The zero-order chi connectivity index (χ0) is 26.3. The second-order valence-corrected chi connectivity index (χ2v) is 12.3. The van der Waals surface area contributed by atoms with E-state index in [1.54, 1.807) is 0 Å². The minimum Gasteiger partial charge on any atom is -0.376 e. The lowest BCUT2D eigenvalue weighted by Crippen LogP contribution is -2.57. The number of aryl methyl sites for hydroxylation is 3. The van der Waals surface area contributed by atoms with Crippen molar-refractivity contribution in [1.82, 2.24) is 14.8 Å². The van der Waals surface area contributed by atoms with Gasteiger partial charge < -0.3 is 19.5 Å². The van der Waals surface area contributed by atoms with E-state index < -0.39 is 0 Å². The van der Waals surface area contributed by atoms with Crippen molar-refractivity contribution in [1.29, 1.82) is 0 Å². The summed E-state index contributed by atoms with van der Waals surface area (Å²) in [6.07, 6.45) is 7.12. The quantitative estimate of drug-likeness (QED) is 0.579. The van der Waals surface area contributed by atoms with Crippen molar-refractivity contribution in [3.05, 3.63) is 49.2 Å². The third-order valence-corrected chi connectivity index (χ3v) is 10.1. The van der Waals surface area contributed by atoms with Crippen molar-refractivity contribution >= 4 is 22.2 Å². The number of nitrogens with one attached hydrogen (secondary N) is 1. The van der Waals surface area contributed by atoms with Gasteiger partial charge in [0.05, 0.1) is 23.2 Å². The lowest BCUT2D eigenvalue weighted by atomic mass is 9.87. The first kappa shape index (κ1) is 26.4. The van der Waals surface area contributed by atoms with Gasteiger partial charge in [-0.1, -0.05) is 0 Å². The summed E-state index contributed by atoms with van der Waals surface area (Å²) >= 11 is 1.81. The van der Waals surface area contributed by atoms with Crippen LogP contribution in [0, 0.1) is 20.8 Å². The van der Waals surface area contributed by atoms with Gasteiger partial charge in [0.15, 0.2) is 0 Å². The number of anilines is 1. The van der Waals surface area contributed by atoms with Crippen LogP contribution in [0.5, 0.6) is 0 Å². The van der Waals surface area contributed by atoms with Gasteiger partial charge in [-0.25, -0.2) is 0 Å². The molecule has 0 spiro atoms. The SMILES string of the molecule is CCOC1CN([C@H]2CC[C@H](N(C)c3sc4c(c3C)C(=O)N(Cc3c(C)cc(C)[nH]c3=O)CCC4)CC2)C1. The molecule has 7 nitrogen and oxygen atoms in total. The normalized spacial score (nSPS) is 23.1. The molecule has 37 heavy (non-hydrogen) atoms. The number of hydrogen-bond acceptors (Lipinski definition) is 6. The van der Waals surface area contributed by atoms with Crippen LogP contribution < -0.4 is 10.5 Å². The number of nitrogens with zero attached hydrogens (tertiary/aromatic N) is 3. The summed E-state index contributed by atoms with van der Waals surface area (Å²) in [6, 6.07) is 3.19. The first-order valence-electron chi connectivity index (χ1n) is 14.0. The monoisotopic (exact) mass is 526 g/mol. The summed E-state index contributed by atoms with van der Waals surface area (Å²) in [5.41, 5.74) is 4.40. The first-order chi connectivity index (χ1) is 17.8. The zero-order valence-electron chi connectivity index (χ0n) is 23.1. The summed E-state index contributed by atoms with van der Waals surface area (Å²) in [5, 5.41) is 1.24. The van der Waals surface area contributed by atoms with Crippen molar-refractivity contribution in [2.24, 2.45) is 0 Å². The zero-order valence-corrected chi connectivity index (χ0v) is 23.9. The van der Waals surface area contributed by atoms with Crippen LogP contribution in [0.15, 0.2) is 10.9 Å². The first-order valence-corrected chi connectivity index (χ1v) is 14.8. The van der Waals surface area contributed by atoms with Crippen LogP contribution >= 0.6 is 11.3 Å². The van der Waals surface area contributed by atoms with Crippen molar-refractivity contribution in [2.75, 3.05) is 38.2 Å². The number of ether oxygens (including phenoxy) is 1. The van der Waals surface area contributed by atoms with Gasteiger partial charge in [0.25, 0.3) is 11.5 Å². The molecule has 8 heteroatoms. The molecule has 5 rings (SSSR count). The maximum absolute atomic E-state index is 13.8. The second kappa shape index (κ2) is 10.9. The van der Waals surface area contributed by atoms with Crippen molar-refractivity contribution in [3.8, 4) is 0 Å². The summed E-state index contributed by atoms with van der Waals surface area (Å²) in [7, 11) is 2.22. The number of likely N-dealkylation sites (tertiary alicyclic amines) is 1. The van der Waals surface area contributed by atoms with E-state index in [0.717, 1.165) is 54.9 Å². The van der Waals surface area contributed by atoms with Crippen molar-refractivity contribution in [2.45, 2.75) is 91.0 Å². The molecule has 0 aromatic carbocycles. The minimum atomic E-state index is -0.0838. The van der Waals surface area contributed by atoms with Crippen LogP contribution in [0.1, 0.15) is 76.6 Å². The van der Waals surface area contributed by atoms with Gasteiger partial charge in [0, 0.05) is 61.5 Å². The predicted molar refractivity (Wildman–Crippen MR) is 150 cm³/mol. The van der Waals surface area contributed by atoms with Gasteiger partial charge in [0.2, 0.25) is 0 Å². The Morgan fingerprint density at radius 3 is 2.54 bits per heavy atom. The van der Waals surface area contributed by atoms with Crippen LogP contribution in [0.4, 0.5) is 5.00 Å². The van der Waals surface area contributed by atoms with Gasteiger partial charge in [-0.2, -0.15) is 0 Å². The molecule has 2 fully saturated rings. The van der Waals surface area contributed by atoms with Crippen molar-refractivity contribution < 1.29 is 9.53 Å². The van der Waals surface area contributed by atoms with Gasteiger partial charge in [-0.15, -0.1) is 11.3 Å². The molecule has 0 atom stereocenters. The van der Waals surface area contributed by atoms with E-state index in [-0.39, 0.29) is 11.5 Å². The van der Waals surface area contributed by atoms with Crippen LogP contribution in [-0.4, -0.2) is 72.2 Å². The fourth-order valence-corrected chi connectivity index (χ4v) is 7.92. The minimum absolute atomic E-state index is 0.0746. The van der Waals surface area contributed by atoms with Crippen LogP contribution in [-0.2, 0) is 17.7 Å². The molecule has 0 radical (unpaired) electrons. The van der Waals surface area contributed by atoms with Crippen molar-refractivity contribution in [3.63, 3.8) is 0 Å². The molecule has 2 aliphatic heterocycles. The second-order valence-electron chi connectivity index (χ2n) is 11.2. The molecule has 3 aliphatic rings. The van der Waals surface area contributed by atoms with E-state index in [9.17, 15) is 9.59 Å². The Kier molecular flexibility index (Phi) is 7.80. The fourth-order valence-electron chi connectivity index (χ4n) is 6.55. The molecule has 0 bridgehead atoms. The Morgan fingerprint density at radius 1 is 1.14 bits per heavy atom. The van der Waals surface area contributed by atoms with E-state index in [2.05, 4.69) is 35.7 Å². The molecule has 0 unspecified atom stereocenters. The molecule has 1 N–H and O–H groups in total. The summed E-state index contributed by atoms with van der Waals surface area (Å²) in [4.78, 5) is 37.5. The smallest absolute Gasteiger partial charge is 0.255 e. The topological polar surface area (TPSA) is 68.9 Å². The van der Waals surface area contributed by atoms with Gasteiger partial charge >= 0.3 is 0 Å². The average molecular weight is 527 g/mol. The van der Waals surface area contributed by atoms with Gasteiger partial charge in [-0.3, -0.25) is 14.5 Å². The predicted octanol–water partition coefficient (Wildman–Crippen LogP) is 4.42. The Labute approximate surface area is 224 Å². The summed E-state index contributed by atoms with van der Waals surface area (Å²) in [6.45, 7) is 12.1. The van der Waals surface area contributed by atoms with E-state index >= 15 is 0 Å². The number of rotatable bonds is 7. The fraction of sp³-hybridized carbons (Fsp3) is 0.655. The van der Waals surface area contributed by atoms with Crippen LogP contribution in [0.3, 0.4) is 0 Å². The van der Waals surface area contributed by atoms with E-state index in [1.807, 2.05) is 36.2 Å². The molecule has 1 saturated heterocycles.